The van der Waals surface area contributed by atoms with Crippen LogP contribution in [-0.4, -0.2) is 5.91 Å². The molecule has 3 N–H and O–H groups in total. The molecule has 0 spiro atoms. The Balaban J connectivity index is 2.03. The molecule has 2 aromatic rings. The van der Waals surface area contributed by atoms with E-state index in [1.54, 1.807) is 6.07 Å². The molecule has 0 bridgehead atoms. The predicted octanol–water partition coefficient (Wildman–Crippen LogP) is 2.73. The number of carbonyl (C=O) groups is 1. The van der Waals surface area contributed by atoms with Gasteiger partial charge in [-0.2, -0.15) is 0 Å². The number of nitrogens with one attached hydrogen (secondary N) is 1. The Hall–Kier alpha value is -2.43. The van der Waals surface area contributed by atoms with Crippen molar-refractivity contribution in [3.8, 4) is 0 Å². The van der Waals surface area contributed by atoms with Crippen LogP contribution >= 0.6 is 0 Å². The monoisotopic (exact) mass is 262 g/mol. The van der Waals surface area contributed by atoms with Gasteiger partial charge in [-0.3, -0.25) is 4.79 Å². The van der Waals surface area contributed by atoms with Crippen LogP contribution in [0, 0.1) is 11.6 Å². The zero-order valence-corrected chi connectivity index (χ0v) is 9.99. The van der Waals surface area contributed by atoms with Crippen molar-refractivity contribution >= 4 is 17.3 Å². The molecule has 0 radical (unpaired) electrons. The number of nitrogens with two attached hydrogens (primary N) is 1. The Kier molecular flexibility index (Phi) is 3.75. The molecule has 0 saturated heterocycles. The van der Waals surface area contributed by atoms with Gasteiger partial charge in [-0.15, -0.1) is 0 Å². The van der Waals surface area contributed by atoms with Crippen molar-refractivity contribution in [1.29, 1.82) is 0 Å². The Bertz CT molecular complexity index is 614. The highest BCUT2D eigenvalue weighted by molar-refractivity contribution is 5.92. The van der Waals surface area contributed by atoms with E-state index >= 15 is 0 Å². The van der Waals surface area contributed by atoms with E-state index in [1.165, 1.54) is 30.3 Å². The highest BCUT2D eigenvalue weighted by atomic mass is 19.1. The van der Waals surface area contributed by atoms with Crippen LogP contribution in [-0.2, 0) is 11.2 Å². The topological polar surface area (TPSA) is 55.1 Å². The third-order valence-electron chi connectivity index (χ3n) is 2.54. The second-order valence-corrected chi connectivity index (χ2v) is 4.09. The van der Waals surface area contributed by atoms with Gasteiger partial charge < -0.3 is 11.1 Å². The summed E-state index contributed by atoms with van der Waals surface area (Å²) >= 11 is 0. The van der Waals surface area contributed by atoms with Crippen LogP contribution < -0.4 is 11.1 Å². The lowest BCUT2D eigenvalue weighted by Gasteiger charge is -2.06. The third kappa shape index (κ3) is 3.51. The van der Waals surface area contributed by atoms with Crippen LogP contribution in [0.5, 0.6) is 0 Å². The molecule has 98 valence electrons. The lowest BCUT2D eigenvalue weighted by molar-refractivity contribution is -0.115. The number of anilines is 2. The molecule has 0 aliphatic rings. The first kappa shape index (κ1) is 13.0. The number of nitrogen functional groups attached to an aromatic ring is 1. The molecule has 2 aromatic carbocycles. The molecule has 0 heterocycles. The molecule has 0 fully saturated rings. The lowest BCUT2D eigenvalue weighted by atomic mass is 10.1. The van der Waals surface area contributed by atoms with E-state index in [0.717, 1.165) is 6.07 Å². The number of amides is 1. The van der Waals surface area contributed by atoms with E-state index < -0.39 is 11.6 Å². The second kappa shape index (κ2) is 5.48. The Morgan fingerprint density at radius 1 is 1.16 bits per heavy atom. The molecule has 3 nitrogen and oxygen atoms in total. The number of halogens is 2. The highest BCUT2D eigenvalue weighted by Crippen LogP contribution is 2.16. The summed E-state index contributed by atoms with van der Waals surface area (Å²) < 4.78 is 26.1. The molecule has 0 atom stereocenters. The largest absolute Gasteiger partial charge is 0.396 e. The summed E-state index contributed by atoms with van der Waals surface area (Å²) in [6.07, 6.45) is 0.0176. The molecule has 19 heavy (non-hydrogen) atoms. The summed E-state index contributed by atoms with van der Waals surface area (Å²) in [4.78, 5) is 11.7. The fourth-order valence-corrected chi connectivity index (χ4v) is 1.64. The molecular formula is C14H12F2N2O. The summed E-state index contributed by atoms with van der Waals surface area (Å²) in [6, 6.07) is 9.76. The minimum atomic E-state index is -0.594. The van der Waals surface area contributed by atoms with Crippen molar-refractivity contribution in [2.75, 3.05) is 11.1 Å². The van der Waals surface area contributed by atoms with Gasteiger partial charge in [-0.05, 0) is 35.9 Å². The van der Waals surface area contributed by atoms with Gasteiger partial charge in [-0.25, -0.2) is 8.78 Å². The molecule has 0 aromatic heterocycles. The van der Waals surface area contributed by atoms with Crippen LogP contribution in [0.4, 0.5) is 20.2 Å². The fraction of sp³-hybridized carbons (Fsp3) is 0.0714. The van der Waals surface area contributed by atoms with Gasteiger partial charge in [0.1, 0.15) is 11.6 Å². The number of benzene rings is 2. The highest BCUT2D eigenvalue weighted by Gasteiger charge is 2.06. The van der Waals surface area contributed by atoms with E-state index in [4.69, 9.17) is 5.73 Å². The van der Waals surface area contributed by atoms with Crippen LogP contribution in [0.3, 0.4) is 0 Å². The van der Waals surface area contributed by atoms with Crippen LogP contribution in [0.15, 0.2) is 42.5 Å². The standard InChI is InChI=1S/C14H12F2N2O/c15-10-3-1-2-9(6-10)7-14(19)18-11-4-5-13(17)12(16)8-11/h1-6,8H,7,17H2,(H,18,19). The van der Waals surface area contributed by atoms with Gasteiger partial charge in [0.05, 0.1) is 12.1 Å². The van der Waals surface area contributed by atoms with Gasteiger partial charge in [-0.1, -0.05) is 12.1 Å². The van der Waals surface area contributed by atoms with E-state index in [9.17, 15) is 13.6 Å². The van der Waals surface area contributed by atoms with Gasteiger partial charge >= 0.3 is 0 Å². The average molecular weight is 262 g/mol. The molecule has 0 aliphatic heterocycles. The summed E-state index contributed by atoms with van der Waals surface area (Å²) in [5.74, 6) is -1.35. The third-order valence-corrected chi connectivity index (χ3v) is 2.54. The Morgan fingerprint density at radius 3 is 2.63 bits per heavy atom. The number of hydrogen-bond acceptors (Lipinski definition) is 2. The fourth-order valence-electron chi connectivity index (χ4n) is 1.64. The molecule has 0 saturated carbocycles. The maximum atomic E-state index is 13.2. The number of rotatable bonds is 3. The van der Waals surface area contributed by atoms with Crippen molar-refractivity contribution in [2.45, 2.75) is 6.42 Å². The molecule has 5 heteroatoms. The first-order chi connectivity index (χ1) is 9.04. The first-order valence-electron chi connectivity index (χ1n) is 5.64. The zero-order chi connectivity index (χ0) is 13.8. The van der Waals surface area contributed by atoms with Crippen LogP contribution in [0.2, 0.25) is 0 Å². The van der Waals surface area contributed by atoms with Gasteiger partial charge in [0.25, 0.3) is 0 Å². The summed E-state index contributed by atoms with van der Waals surface area (Å²) in [5.41, 5.74) is 6.21. The van der Waals surface area contributed by atoms with Gasteiger partial charge in [0, 0.05) is 5.69 Å². The van der Waals surface area contributed by atoms with Crippen LogP contribution in [0.1, 0.15) is 5.56 Å². The van der Waals surface area contributed by atoms with Crippen molar-refractivity contribution in [3.05, 3.63) is 59.7 Å². The predicted molar refractivity (Wildman–Crippen MR) is 69.5 cm³/mol. The second-order valence-electron chi connectivity index (χ2n) is 4.09. The normalized spacial score (nSPS) is 10.2. The molecule has 1 amide bonds. The van der Waals surface area contributed by atoms with Gasteiger partial charge in [0.15, 0.2) is 0 Å². The summed E-state index contributed by atoms with van der Waals surface area (Å²) in [7, 11) is 0. The van der Waals surface area contributed by atoms with E-state index in [0.29, 0.717) is 11.3 Å². The van der Waals surface area contributed by atoms with E-state index in [1.807, 2.05) is 0 Å². The summed E-state index contributed by atoms with van der Waals surface area (Å²) in [6.45, 7) is 0. The molecular weight excluding hydrogens is 250 g/mol. The lowest BCUT2D eigenvalue weighted by Crippen LogP contribution is -2.14. The SMILES string of the molecule is Nc1ccc(NC(=O)Cc2cccc(F)c2)cc1F. The molecule has 2 rings (SSSR count). The van der Waals surface area contributed by atoms with E-state index in [-0.39, 0.29) is 18.0 Å². The average Bonchev–Trinajstić information content (AvgIpc) is 2.34. The Morgan fingerprint density at radius 2 is 1.95 bits per heavy atom. The molecule has 0 aliphatic carbocycles. The van der Waals surface area contributed by atoms with Gasteiger partial charge in [0.2, 0.25) is 5.91 Å². The quantitative estimate of drug-likeness (QED) is 0.836. The minimum Gasteiger partial charge on any atom is -0.396 e. The van der Waals surface area contributed by atoms with Crippen LogP contribution in [0.25, 0.3) is 0 Å². The number of hydrogen-bond donors (Lipinski definition) is 2. The van der Waals surface area contributed by atoms with Crippen molar-refractivity contribution in [3.63, 3.8) is 0 Å². The van der Waals surface area contributed by atoms with Crippen molar-refractivity contribution < 1.29 is 13.6 Å². The maximum Gasteiger partial charge on any atom is 0.228 e. The molecule has 0 unspecified atom stereocenters. The van der Waals surface area contributed by atoms with E-state index in [2.05, 4.69) is 5.32 Å². The first-order valence-corrected chi connectivity index (χ1v) is 5.64. The summed E-state index contributed by atoms with van der Waals surface area (Å²) in [5, 5.41) is 2.52. The zero-order valence-electron chi connectivity index (χ0n) is 9.99. The Labute approximate surface area is 109 Å². The van der Waals surface area contributed by atoms with Crippen molar-refractivity contribution in [1.82, 2.24) is 0 Å². The smallest absolute Gasteiger partial charge is 0.228 e. The number of carbonyl (C=O) groups excluding carboxylic acids is 1. The minimum absolute atomic E-state index is 0.0168. The maximum absolute atomic E-state index is 13.2. The van der Waals surface area contributed by atoms with Crippen molar-refractivity contribution in [2.24, 2.45) is 0 Å².